The number of hydrogen-bond acceptors (Lipinski definition) is 3. The molecule has 1 aliphatic carbocycles. The van der Waals surface area contributed by atoms with Crippen molar-refractivity contribution in [1.29, 1.82) is 0 Å². The molecule has 0 bridgehead atoms. The van der Waals surface area contributed by atoms with Gasteiger partial charge in [-0.05, 0) is 31.1 Å². The molecule has 0 unspecified atom stereocenters. The van der Waals surface area contributed by atoms with Crippen LogP contribution in [-0.4, -0.2) is 42.9 Å². The van der Waals surface area contributed by atoms with E-state index in [0.717, 1.165) is 25.7 Å². The van der Waals surface area contributed by atoms with Crippen molar-refractivity contribution in [2.24, 2.45) is 11.1 Å². The maximum atomic E-state index is 11.9. The van der Waals surface area contributed by atoms with Crippen LogP contribution < -0.4 is 11.1 Å². The van der Waals surface area contributed by atoms with Crippen LogP contribution in [0.15, 0.2) is 0 Å². The topological polar surface area (TPSA) is 75.4 Å². The van der Waals surface area contributed by atoms with Crippen molar-refractivity contribution >= 4 is 11.8 Å². The zero-order chi connectivity index (χ0) is 13.8. The lowest BCUT2D eigenvalue weighted by atomic mass is 9.75. The van der Waals surface area contributed by atoms with Gasteiger partial charge in [-0.15, -0.1) is 0 Å². The molecular formula is C13H25N3O2. The molecule has 18 heavy (non-hydrogen) atoms. The lowest BCUT2D eigenvalue weighted by Crippen LogP contribution is -2.48. The van der Waals surface area contributed by atoms with E-state index in [2.05, 4.69) is 19.2 Å². The van der Waals surface area contributed by atoms with Crippen molar-refractivity contribution in [2.45, 2.75) is 45.6 Å². The fraction of sp³-hybridized carbons (Fsp3) is 0.846. The summed E-state index contributed by atoms with van der Waals surface area (Å²) in [5, 5.41) is 2.51. The molecule has 0 saturated heterocycles. The number of rotatable bonds is 3. The molecule has 0 atom stereocenters. The van der Waals surface area contributed by atoms with Gasteiger partial charge in [-0.3, -0.25) is 9.59 Å². The maximum Gasteiger partial charge on any atom is 0.311 e. The molecule has 1 saturated carbocycles. The van der Waals surface area contributed by atoms with Gasteiger partial charge in [-0.1, -0.05) is 13.8 Å². The van der Waals surface area contributed by atoms with Gasteiger partial charge in [0, 0.05) is 26.2 Å². The number of nitrogens with two attached hydrogens (primary N) is 1. The fourth-order valence-corrected chi connectivity index (χ4v) is 2.36. The van der Waals surface area contributed by atoms with E-state index in [4.69, 9.17) is 5.73 Å². The van der Waals surface area contributed by atoms with Crippen LogP contribution in [0.25, 0.3) is 0 Å². The van der Waals surface area contributed by atoms with Gasteiger partial charge >= 0.3 is 11.8 Å². The monoisotopic (exact) mass is 255 g/mol. The third-order valence-electron chi connectivity index (χ3n) is 3.80. The number of hydrogen-bond donors (Lipinski definition) is 2. The second-order valence-corrected chi connectivity index (χ2v) is 5.86. The summed E-state index contributed by atoms with van der Waals surface area (Å²) in [7, 11) is 1.72. The van der Waals surface area contributed by atoms with E-state index in [9.17, 15) is 9.59 Å². The summed E-state index contributed by atoms with van der Waals surface area (Å²) in [6.45, 7) is 5.19. The Hall–Kier alpha value is -1.10. The summed E-state index contributed by atoms with van der Waals surface area (Å²) in [5.41, 5.74) is 5.65. The molecule has 0 aromatic carbocycles. The van der Waals surface area contributed by atoms with Gasteiger partial charge in [0.1, 0.15) is 0 Å². The van der Waals surface area contributed by atoms with Crippen LogP contribution >= 0.6 is 0 Å². The van der Waals surface area contributed by atoms with E-state index in [-0.39, 0.29) is 6.04 Å². The highest BCUT2D eigenvalue weighted by Crippen LogP contribution is 2.36. The summed E-state index contributed by atoms with van der Waals surface area (Å²) >= 11 is 0. The molecule has 1 rings (SSSR count). The van der Waals surface area contributed by atoms with Crippen molar-refractivity contribution in [3.8, 4) is 0 Å². The number of likely N-dealkylation sites (N-methyl/N-ethyl adjacent to an activating group) is 1. The van der Waals surface area contributed by atoms with E-state index in [1.54, 1.807) is 11.9 Å². The van der Waals surface area contributed by atoms with Gasteiger partial charge < -0.3 is 16.0 Å². The first kappa shape index (κ1) is 15.0. The van der Waals surface area contributed by atoms with Crippen molar-refractivity contribution in [2.75, 3.05) is 20.1 Å². The van der Waals surface area contributed by atoms with Gasteiger partial charge in [0.2, 0.25) is 0 Å². The molecule has 2 amide bonds. The zero-order valence-corrected chi connectivity index (χ0v) is 11.7. The van der Waals surface area contributed by atoms with E-state index < -0.39 is 11.8 Å². The average molecular weight is 255 g/mol. The molecule has 0 radical (unpaired) electrons. The van der Waals surface area contributed by atoms with Crippen molar-refractivity contribution in [3.05, 3.63) is 0 Å². The molecule has 5 nitrogen and oxygen atoms in total. The molecule has 0 aromatic rings. The lowest BCUT2D eigenvalue weighted by molar-refractivity contribution is -0.147. The van der Waals surface area contributed by atoms with E-state index >= 15 is 0 Å². The standard InChI is InChI=1S/C13H25N3O2/c1-13(2)6-4-10(5-7-13)16(3)12(18)11(17)15-9-8-14/h10H,4-9,14H2,1-3H3,(H,15,17). The summed E-state index contributed by atoms with van der Waals surface area (Å²) in [6, 6.07) is 0.189. The maximum absolute atomic E-state index is 11.9. The second kappa shape index (κ2) is 6.18. The molecule has 1 aliphatic rings. The summed E-state index contributed by atoms with van der Waals surface area (Å²) in [4.78, 5) is 25.0. The second-order valence-electron chi connectivity index (χ2n) is 5.86. The predicted octanol–water partition coefficient (Wildman–Crippen LogP) is 0.488. The number of nitrogens with zero attached hydrogens (tertiary/aromatic N) is 1. The first-order valence-electron chi connectivity index (χ1n) is 6.62. The number of carbonyl (C=O) groups is 2. The highest BCUT2D eigenvalue weighted by atomic mass is 16.2. The van der Waals surface area contributed by atoms with E-state index in [0.29, 0.717) is 18.5 Å². The molecule has 5 heteroatoms. The quantitative estimate of drug-likeness (QED) is 0.721. The minimum atomic E-state index is -0.548. The summed E-state index contributed by atoms with van der Waals surface area (Å²) in [6.07, 6.45) is 4.14. The highest BCUT2D eigenvalue weighted by molar-refractivity contribution is 6.35. The average Bonchev–Trinajstić information content (AvgIpc) is 2.34. The van der Waals surface area contributed by atoms with Crippen molar-refractivity contribution in [3.63, 3.8) is 0 Å². The third-order valence-corrected chi connectivity index (χ3v) is 3.80. The third kappa shape index (κ3) is 3.98. The van der Waals surface area contributed by atoms with Crippen LogP contribution in [0.3, 0.4) is 0 Å². The Morgan fingerprint density at radius 2 is 1.89 bits per heavy atom. The molecule has 0 spiro atoms. The highest BCUT2D eigenvalue weighted by Gasteiger charge is 2.32. The first-order chi connectivity index (χ1) is 8.37. The molecule has 1 fully saturated rings. The normalized spacial score (nSPS) is 19.3. The molecule has 0 aromatic heterocycles. The van der Waals surface area contributed by atoms with Crippen molar-refractivity contribution in [1.82, 2.24) is 10.2 Å². The first-order valence-corrected chi connectivity index (χ1v) is 6.62. The minimum Gasteiger partial charge on any atom is -0.347 e. The smallest absolute Gasteiger partial charge is 0.311 e. The van der Waals surface area contributed by atoms with Crippen LogP contribution in [0.4, 0.5) is 0 Å². The Morgan fingerprint density at radius 3 is 2.39 bits per heavy atom. The molecule has 0 heterocycles. The SMILES string of the molecule is CN(C(=O)C(=O)NCCN)C1CCC(C)(C)CC1. The molecule has 3 N–H and O–H groups in total. The largest absolute Gasteiger partial charge is 0.347 e. The van der Waals surface area contributed by atoms with Gasteiger partial charge in [0.15, 0.2) is 0 Å². The fourth-order valence-electron chi connectivity index (χ4n) is 2.36. The Labute approximate surface area is 109 Å². The van der Waals surface area contributed by atoms with Crippen molar-refractivity contribution < 1.29 is 9.59 Å². The Morgan fingerprint density at radius 1 is 1.33 bits per heavy atom. The summed E-state index contributed by atoms with van der Waals surface area (Å²) in [5.74, 6) is -0.999. The van der Waals surface area contributed by atoms with Crippen LogP contribution in [0, 0.1) is 5.41 Å². The lowest BCUT2D eigenvalue weighted by Gasteiger charge is -2.38. The zero-order valence-electron chi connectivity index (χ0n) is 11.7. The molecule has 0 aliphatic heterocycles. The Kier molecular flexibility index (Phi) is 5.14. The van der Waals surface area contributed by atoms with Crippen LogP contribution in [-0.2, 0) is 9.59 Å². The number of amides is 2. The molecule has 104 valence electrons. The minimum absolute atomic E-state index is 0.189. The Balaban J connectivity index is 2.47. The van der Waals surface area contributed by atoms with E-state index in [1.807, 2.05) is 0 Å². The Bertz CT molecular complexity index is 305. The van der Waals surface area contributed by atoms with Crippen LogP contribution in [0.2, 0.25) is 0 Å². The van der Waals surface area contributed by atoms with Gasteiger partial charge in [0.05, 0.1) is 0 Å². The van der Waals surface area contributed by atoms with Gasteiger partial charge in [0.25, 0.3) is 0 Å². The molecular weight excluding hydrogens is 230 g/mol. The van der Waals surface area contributed by atoms with Gasteiger partial charge in [-0.2, -0.15) is 0 Å². The van der Waals surface area contributed by atoms with Crippen LogP contribution in [0.1, 0.15) is 39.5 Å². The summed E-state index contributed by atoms with van der Waals surface area (Å²) < 4.78 is 0. The van der Waals surface area contributed by atoms with E-state index in [1.165, 1.54) is 0 Å². The number of nitrogens with one attached hydrogen (secondary N) is 1. The van der Waals surface area contributed by atoms with Crippen LogP contribution in [0.5, 0.6) is 0 Å². The number of carbonyl (C=O) groups excluding carboxylic acids is 2. The predicted molar refractivity (Wildman–Crippen MR) is 70.9 cm³/mol. The van der Waals surface area contributed by atoms with Gasteiger partial charge in [-0.25, -0.2) is 0 Å².